The van der Waals surface area contributed by atoms with Crippen LogP contribution in [-0.2, 0) is 0 Å². The minimum atomic E-state index is 0.278. The Morgan fingerprint density at radius 3 is 2.41 bits per heavy atom. The molecule has 5 heteroatoms. The van der Waals surface area contributed by atoms with E-state index >= 15 is 0 Å². The van der Waals surface area contributed by atoms with Crippen LogP contribution in [0.15, 0.2) is 59.1 Å². The Balaban J connectivity index is 1.53. The first-order chi connectivity index (χ1) is 10.9. The minimum Gasteiger partial charge on any atom is -0.488 e. The van der Waals surface area contributed by atoms with E-state index in [4.69, 9.17) is 9.26 Å². The number of nitrogens with zero attached hydrogens (tertiary/aromatic N) is 2. The largest absolute Gasteiger partial charge is 0.488 e. The van der Waals surface area contributed by atoms with Crippen molar-refractivity contribution >= 4 is 0 Å². The van der Waals surface area contributed by atoms with Crippen molar-refractivity contribution in [3.63, 3.8) is 0 Å². The van der Waals surface area contributed by atoms with E-state index < -0.39 is 0 Å². The smallest absolute Gasteiger partial charge is 0.258 e. The van der Waals surface area contributed by atoms with Crippen LogP contribution in [0.4, 0.5) is 0 Å². The molecule has 0 amide bonds. The van der Waals surface area contributed by atoms with Crippen LogP contribution >= 0.6 is 0 Å². The lowest BCUT2D eigenvalue weighted by atomic mass is 10.2. The van der Waals surface area contributed by atoms with E-state index in [9.17, 15) is 0 Å². The zero-order valence-electron chi connectivity index (χ0n) is 11.9. The fourth-order valence-electron chi connectivity index (χ4n) is 2.26. The van der Waals surface area contributed by atoms with E-state index in [-0.39, 0.29) is 6.10 Å². The fraction of sp³-hybridized carbons (Fsp3) is 0.176. The van der Waals surface area contributed by atoms with Gasteiger partial charge in [0, 0.05) is 24.2 Å². The summed E-state index contributed by atoms with van der Waals surface area (Å²) in [5.74, 6) is 1.97. The van der Waals surface area contributed by atoms with E-state index in [2.05, 4.69) is 15.5 Å². The second-order valence-electron chi connectivity index (χ2n) is 5.21. The quantitative estimate of drug-likeness (QED) is 0.801. The Labute approximate surface area is 127 Å². The molecule has 0 unspecified atom stereocenters. The molecule has 5 nitrogen and oxygen atoms in total. The summed E-state index contributed by atoms with van der Waals surface area (Å²) in [4.78, 5) is 4.44. The van der Waals surface area contributed by atoms with Crippen molar-refractivity contribution in [2.75, 3.05) is 13.1 Å². The Morgan fingerprint density at radius 1 is 0.955 bits per heavy atom. The Kier molecular flexibility index (Phi) is 3.33. The molecule has 0 atom stereocenters. The van der Waals surface area contributed by atoms with Crippen molar-refractivity contribution in [1.82, 2.24) is 15.5 Å². The van der Waals surface area contributed by atoms with E-state index in [1.807, 2.05) is 54.6 Å². The highest BCUT2D eigenvalue weighted by Gasteiger charge is 2.18. The molecule has 1 N–H and O–H groups in total. The van der Waals surface area contributed by atoms with Gasteiger partial charge in [-0.05, 0) is 36.4 Å². The van der Waals surface area contributed by atoms with Gasteiger partial charge in [-0.2, -0.15) is 4.98 Å². The van der Waals surface area contributed by atoms with Gasteiger partial charge in [0.1, 0.15) is 11.9 Å². The summed E-state index contributed by atoms with van der Waals surface area (Å²) in [6.07, 6.45) is 0.278. The lowest BCUT2D eigenvalue weighted by Crippen LogP contribution is -2.50. The molecule has 0 bridgehead atoms. The SMILES string of the molecule is c1ccc(-c2nc(-c3ccc(OC4CNC4)cc3)no2)cc1. The molecular formula is C17H15N3O2. The Morgan fingerprint density at radius 2 is 1.73 bits per heavy atom. The summed E-state index contributed by atoms with van der Waals surface area (Å²) in [6.45, 7) is 1.82. The van der Waals surface area contributed by atoms with Crippen molar-refractivity contribution < 1.29 is 9.26 Å². The summed E-state index contributed by atoms with van der Waals surface area (Å²) in [5, 5.41) is 7.22. The van der Waals surface area contributed by atoms with Crippen LogP contribution in [-0.4, -0.2) is 29.3 Å². The molecule has 4 rings (SSSR count). The molecule has 2 aromatic carbocycles. The average Bonchev–Trinajstić information content (AvgIpc) is 3.02. The number of hydrogen-bond acceptors (Lipinski definition) is 5. The predicted molar refractivity (Wildman–Crippen MR) is 82.5 cm³/mol. The van der Waals surface area contributed by atoms with Gasteiger partial charge < -0.3 is 14.6 Å². The molecule has 22 heavy (non-hydrogen) atoms. The van der Waals surface area contributed by atoms with E-state index in [1.54, 1.807) is 0 Å². The summed E-state index contributed by atoms with van der Waals surface area (Å²) in [6, 6.07) is 17.5. The van der Waals surface area contributed by atoms with Crippen LogP contribution in [0, 0.1) is 0 Å². The number of benzene rings is 2. The zero-order valence-corrected chi connectivity index (χ0v) is 11.9. The third kappa shape index (κ3) is 2.58. The van der Waals surface area contributed by atoms with Crippen LogP contribution in [0.5, 0.6) is 5.75 Å². The molecule has 1 aliphatic rings. The molecule has 1 aliphatic heterocycles. The Hall–Kier alpha value is -2.66. The average molecular weight is 293 g/mol. The number of hydrogen-bond donors (Lipinski definition) is 1. The summed E-state index contributed by atoms with van der Waals surface area (Å²) in [7, 11) is 0. The third-order valence-electron chi connectivity index (χ3n) is 3.61. The van der Waals surface area contributed by atoms with Crippen molar-refractivity contribution in [2.45, 2.75) is 6.10 Å². The van der Waals surface area contributed by atoms with Gasteiger partial charge in [-0.1, -0.05) is 23.4 Å². The summed E-state index contributed by atoms with van der Waals surface area (Å²) in [5.41, 5.74) is 1.82. The molecule has 2 heterocycles. The second kappa shape index (κ2) is 5.61. The van der Waals surface area contributed by atoms with Gasteiger partial charge in [-0.25, -0.2) is 0 Å². The van der Waals surface area contributed by atoms with Gasteiger partial charge >= 0.3 is 0 Å². The second-order valence-corrected chi connectivity index (χ2v) is 5.21. The van der Waals surface area contributed by atoms with Gasteiger partial charge in [0.05, 0.1) is 0 Å². The first kappa shape index (κ1) is 13.0. The van der Waals surface area contributed by atoms with E-state index in [0.29, 0.717) is 11.7 Å². The fourth-order valence-corrected chi connectivity index (χ4v) is 2.26. The lowest BCUT2D eigenvalue weighted by Gasteiger charge is -2.27. The number of nitrogens with one attached hydrogen (secondary N) is 1. The van der Waals surface area contributed by atoms with Gasteiger partial charge in [0.25, 0.3) is 5.89 Å². The Bertz CT molecular complexity index is 749. The van der Waals surface area contributed by atoms with Crippen molar-refractivity contribution in [1.29, 1.82) is 0 Å². The maximum absolute atomic E-state index is 5.79. The van der Waals surface area contributed by atoms with Crippen LogP contribution in [0.1, 0.15) is 0 Å². The van der Waals surface area contributed by atoms with Gasteiger partial charge in [0.15, 0.2) is 0 Å². The monoisotopic (exact) mass is 293 g/mol. The minimum absolute atomic E-state index is 0.278. The van der Waals surface area contributed by atoms with Crippen LogP contribution in [0.25, 0.3) is 22.8 Å². The molecule has 1 fully saturated rings. The highest BCUT2D eigenvalue weighted by Crippen LogP contribution is 2.24. The maximum atomic E-state index is 5.79. The zero-order chi connectivity index (χ0) is 14.8. The van der Waals surface area contributed by atoms with Crippen LogP contribution in [0.3, 0.4) is 0 Å². The highest BCUT2D eigenvalue weighted by molar-refractivity contribution is 5.60. The molecule has 1 aromatic heterocycles. The number of rotatable bonds is 4. The van der Waals surface area contributed by atoms with Crippen molar-refractivity contribution in [3.8, 4) is 28.6 Å². The van der Waals surface area contributed by atoms with Gasteiger partial charge in [-0.3, -0.25) is 0 Å². The summed E-state index contributed by atoms with van der Waals surface area (Å²) >= 11 is 0. The maximum Gasteiger partial charge on any atom is 0.258 e. The van der Waals surface area contributed by atoms with Gasteiger partial charge in [0.2, 0.25) is 5.82 Å². The highest BCUT2D eigenvalue weighted by atomic mass is 16.5. The molecular weight excluding hydrogens is 278 g/mol. The van der Waals surface area contributed by atoms with Crippen molar-refractivity contribution in [2.24, 2.45) is 0 Å². The third-order valence-corrected chi connectivity index (χ3v) is 3.61. The van der Waals surface area contributed by atoms with E-state index in [0.717, 1.165) is 30.0 Å². The lowest BCUT2D eigenvalue weighted by molar-refractivity contribution is 0.142. The number of aromatic nitrogens is 2. The molecule has 1 saturated heterocycles. The van der Waals surface area contributed by atoms with E-state index in [1.165, 1.54) is 0 Å². The predicted octanol–water partition coefficient (Wildman–Crippen LogP) is 2.75. The standard InChI is InChI=1S/C17H15N3O2/c1-2-4-13(5-3-1)17-19-16(20-22-17)12-6-8-14(9-7-12)21-15-10-18-11-15/h1-9,15,18H,10-11H2. The molecule has 0 spiro atoms. The van der Waals surface area contributed by atoms with Crippen LogP contribution in [0.2, 0.25) is 0 Å². The molecule has 3 aromatic rings. The first-order valence-corrected chi connectivity index (χ1v) is 7.25. The molecule has 0 radical (unpaired) electrons. The summed E-state index contributed by atoms with van der Waals surface area (Å²) < 4.78 is 11.1. The topological polar surface area (TPSA) is 60.2 Å². The molecule has 0 aliphatic carbocycles. The van der Waals surface area contributed by atoms with Crippen LogP contribution < -0.4 is 10.1 Å². The van der Waals surface area contributed by atoms with Gasteiger partial charge in [-0.15, -0.1) is 0 Å². The normalized spacial score (nSPS) is 14.5. The van der Waals surface area contributed by atoms with Crippen molar-refractivity contribution in [3.05, 3.63) is 54.6 Å². The molecule has 110 valence electrons. The molecule has 0 saturated carbocycles. The number of ether oxygens (including phenoxy) is 1. The first-order valence-electron chi connectivity index (χ1n) is 7.25.